The highest BCUT2D eigenvalue weighted by molar-refractivity contribution is 6.20. The Morgan fingerprint density at radius 1 is 1.13 bits per heavy atom. The summed E-state index contributed by atoms with van der Waals surface area (Å²) in [6, 6.07) is 9.84. The van der Waals surface area contributed by atoms with Crippen LogP contribution in [0.25, 0.3) is 5.69 Å². The van der Waals surface area contributed by atoms with Crippen LogP contribution in [0.15, 0.2) is 41.5 Å². The predicted octanol–water partition coefficient (Wildman–Crippen LogP) is 2.66. The number of fused-ring (bicyclic) bond motifs is 3. The Balaban J connectivity index is 1.55. The molecule has 3 aliphatic heterocycles. The average molecular weight is 406 g/mol. The van der Waals surface area contributed by atoms with Crippen LogP contribution in [0.2, 0.25) is 0 Å². The zero-order valence-electron chi connectivity index (χ0n) is 17.4. The van der Waals surface area contributed by atoms with Crippen molar-refractivity contribution >= 4 is 23.6 Å². The van der Waals surface area contributed by atoms with Gasteiger partial charge in [0.15, 0.2) is 5.82 Å². The number of carbonyl (C=O) groups excluding carboxylic acids is 2. The minimum absolute atomic E-state index is 0.00280. The maximum atomic E-state index is 13.4. The first-order valence-electron chi connectivity index (χ1n) is 10.6. The van der Waals surface area contributed by atoms with Crippen LogP contribution in [0, 0.1) is 0 Å². The van der Waals surface area contributed by atoms with Crippen molar-refractivity contribution in [3.63, 3.8) is 0 Å². The molecule has 0 unspecified atom stereocenters. The van der Waals surface area contributed by atoms with E-state index in [9.17, 15) is 9.59 Å². The van der Waals surface area contributed by atoms with Crippen LogP contribution in [0.4, 0.5) is 10.6 Å². The number of likely N-dealkylation sites (tertiary alicyclic amines) is 1. The minimum Gasteiger partial charge on any atom is -0.336 e. The van der Waals surface area contributed by atoms with Gasteiger partial charge in [0.25, 0.3) is 0 Å². The van der Waals surface area contributed by atoms with Crippen LogP contribution in [0.5, 0.6) is 0 Å². The van der Waals surface area contributed by atoms with Crippen molar-refractivity contribution in [3.8, 4) is 5.69 Å². The highest BCUT2D eigenvalue weighted by Gasteiger charge is 2.42. The van der Waals surface area contributed by atoms with E-state index in [1.165, 1.54) is 0 Å². The van der Waals surface area contributed by atoms with Crippen LogP contribution in [-0.2, 0) is 4.79 Å². The van der Waals surface area contributed by atoms with Crippen molar-refractivity contribution in [2.24, 2.45) is 4.99 Å². The molecule has 30 heavy (non-hydrogen) atoms. The summed E-state index contributed by atoms with van der Waals surface area (Å²) < 4.78 is 1.74. The van der Waals surface area contributed by atoms with Crippen molar-refractivity contribution < 1.29 is 9.59 Å². The summed E-state index contributed by atoms with van der Waals surface area (Å²) in [6.07, 6.45) is 4.88. The number of piperidine rings is 1. The van der Waals surface area contributed by atoms with Gasteiger partial charge in [-0.05, 0) is 45.2 Å². The second kappa shape index (κ2) is 7.27. The summed E-state index contributed by atoms with van der Waals surface area (Å²) in [5.41, 5.74) is 1.64. The molecule has 0 bridgehead atoms. The second-order valence-electron chi connectivity index (χ2n) is 8.28. The molecule has 2 atom stereocenters. The third-order valence-corrected chi connectivity index (χ3v) is 6.32. The van der Waals surface area contributed by atoms with E-state index in [2.05, 4.69) is 23.9 Å². The minimum atomic E-state index is -0.206. The largest absolute Gasteiger partial charge is 0.336 e. The number of rotatable bonds is 3. The van der Waals surface area contributed by atoms with Crippen LogP contribution in [0.1, 0.15) is 38.7 Å². The summed E-state index contributed by atoms with van der Waals surface area (Å²) in [7, 11) is 0. The van der Waals surface area contributed by atoms with E-state index in [1.54, 1.807) is 20.7 Å². The molecule has 1 fully saturated rings. The lowest BCUT2D eigenvalue weighted by atomic mass is 9.97. The topological polar surface area (TPSA) is 74.0 Å². The van der Waals surface area contributed by atoms with Crippen LogP contribution in [0.3, 0.4) is 0 Å². The lowest BCUT2D eigenvalue weighted by Gasteiger charge is -2.41. The zero-order valence-corrected chi connectivity index (χ0v) is 17.4. The molecule has 0 saturated carbocycles. The Morgan fingerprint density at radius 3 is 2.60 bits per heavy atom. The number of amides is 3. The highest BCUT2D eigenvalue weighted by atomic mass is 16.2. The molecule has 156 valence electrons. The zero-order chi connectivity index (χ0) is 20.8. The van der Waals surface area contributed by atoms with E-state index in [-0.39, 0.29) is 30.6 Å². The Morgan fingerprint density at radius 2 is 1.87 bits per heavy atom. The van der Waals surface area contributed by atoms with Crippen molar-refractivity contribution in [2.45, 2.75) is 45.2 Å². The summed E-state index contributed by atoms with van der Waals surface area (Å²) in [4.78, 5) is 36.5. The molecule has 1 aromatic heterocycles. The fraction of sp³-hybridized carbons (Fsp3) is 0.455. The molecule has 0 radical (unpaired) electrons. The highest BCUT2D eigenvalue weighted by Crippen LogP contribution is 2.33. The standard InChI is InChI=1S/C22H26N6O2/c1-15-7-6-8-16(2)27(15)19(29)14-26-21-18(20-23-11-12-25(20)22(26)30)13-24-28(21)17-9-4-3-5-10-17/h3-5,9-10,13,15-16H,6-8,11-12,14H2,1-2H3/t15-,16+. The van der Waals surface area contributed by atoms with Gasteiger partial charge in [0, 0.05) is 18.6 Å². The number of amidine groups is 1. The molecular weight excluding hydrogens is 380 g/mol. The smallest absolute Gasteiger partial charge is 0.331 e. The Labute approximate surface area is 175 Å². The molecule has 5 rings (SSSR count). The second-order valence-corrected chi connectivity index (χ2v) is 8.28. The number of aliphatic imine (C=N–C) groups is 1. The van der Waals surface area contributed by atoms with E-state index in [0.717, 1.165) is 30.5 Å². The Hall–Kier alpha value is -3.16. The van der Waals surface area contributed by atoms with Gasteiger partial charge in [0.2, 0.25) is 5.91 Å². The first-order chi connectivity index (χ1) is 14.6. The molecule has 1 saturated heterocycles. The van der Waals surface area contributed by atoms with Gasteiger partial charge in [0.05, 0.1) is 24.0 Å². The van der Waals surface area contributed by atoms with Crippen LogP contribution >= 0.6 is 0 Å². The first kappa shape index (κ1) is 18.8. The SMILES string of the molecule is C[C@@H]1CCC[C@H](C)N1C(=O)CN1C(=O)N2CCN=C2c2cnn(-c3ccccc3)c21. The number of hydrogen-bond acceptors (Lipinski definition) is 4. The molecule has 3 aliphatic rings. The first-order valence-corrected chi connectivity index (χ1v) is 10.6. The molecule has 2 aromatic rings. The summed E-state index contributed by atoms with van der Waals surface area (Å²) in [5.74, 6) is 1.25. The van der Waals surface area contributed by atoms with Crippen LogP contribution < -0.4 is 4.90 Å². The number of para-hydroxylation sites is 1. The molecule has 8 heteroatoms. The molecule has 3 amide bonds. The summed E-state index contributed by atoms with van der Waals surface area (Å²) in [6.45, 7) is 5.29. The van der Waals surface area contributed by atoms with Crippen molar-refractivity contribution in [3.05, 3.63) is 42.1 Å². The summed E-state index contributed by atoms with van der Waals surface area (Å²) >= 11 is 0. The van der Waals surface area contributed by atoms with Crippen molar-refractivity contribution in [1.82, 2.24) is 19.6 Å². The quantitative estimate of drug-likeness (QED) is 0.787. The maximum absolute atomic E-state index is 13.4. The van der Waals surface area contributed by atoms with Crippen LogP contribution in [-0.4, -0.2) is 69.1 Å². The van der Waals surface area contributed by atoms with Gasteiger partial charge in [-0.1, -0.05) is 18.2 Å². The fourth-order valence-corrected chi connectivity index (χ4v) is 4.89. The lowest BCUT2D eigenvalue weighted by Crippen LogP contribution is -2.56. The molecular formula is C22H26N6O2. The van der Waals surface area contributed by atoms with Gasteiger partial charge in [-0.2, -0.15) is 5.10 Å². The van der Waals surface area contributed by atoms with E-state index in [4.69, 9.17) is 0 Å². The van der Waals surface area contributed by atoms with Gasteiger partial charge >= 0.3 is 6.03 Å². The van der Waals surface area contributed by atoms with Crippen molar-refractivity contribution in [2.75, 3.05) is 24.5 Å². The number of nitrogens with zero attached hydrogens (tertiary/aromatic N) is 6. The molecule has 0 aliphatic carbocycles. The number of anilines is 1. The van der Waals surface area contributed by atoms with Gasteiger partial charge in [-0.25, -0.2) is 9.48 Å². The number of benzene rings is 1. The Kier molecular flexibility index (Phi) is 4.56. The predicted molar refractivity (Wildman–Crippen MR) is 114 cm³/mol. The number of aromatic nitrogens is 2. The molecule has 4 heterocycles. The van der Waals surface area contributed by atoms with E-state index in [1.807, 2.05) is 35.2 Å². The normalized spacial score (nSPS) is 23.3. The van der Waals surface area contributed by atoms with E-state index < -0.39 is 0 Å². The molecule has 0 N–H and O–H groups in total. The Bertz CT molecular complexity index is 1000. The number of carbonyl (C=O) groups is 2. The van der Waals surface area contributed by atoms with Crippen molar-refractivity contribution in [1.29, 1.82) is 0 Å². The van der Waals surface area contributed by atoms with E-state index >= 15 is 0 Å². The third kappa shape index (κ3) is 2.89. The average Bonchev–Trinajstić information content (AvgIpc) is 3.39. The molecule has 8 nitrogen and oxygen atoms in total. The van der Waals surface area contributed by atoms with Gasteiger partial charge in [0.1, 0.15) is 12.4 Å². The van der Waals surface area contributed by atoms with Gasteiger partial charge < -0.3 is 4.90 Å². The summed E-state index contributed by atoms with van der Waals surface area (Å²) in [5, 5.41) is 4.55. The maximum Gasteiger partial charge on any atom is 0.331 e. The molecule has 1 aromatic carbocycles. The van der Waals surface area contributed by atoms with E-state index in [0.29, 0.717) is 24.7 Å². The monoisotopic (exact) mass is 406 g/mol. The fourth-order valence-electron chi connectivity index (χ4n) is 4.89. The van der Waals surface area contributed by atoms with Gasteiger partial charge in [-0.3, -0.25) is 19.6 Å². The number of hydrogen-bond donors (Lipinski definition) is 0. The molecule has 0 spiro atoms. The van der Waals surface area contributed by atoms with Gasteiger partial charge in [-0.15, -0.1) is 0 Å². The third-order valence-electron chi connectivity index (χ3n) is 6.32. The number of urea groups is 1. The lowest BCUT2D eigenvalue weighted by molar-refractivity contribution is -0.135.